The van der Waals surface area contributed by atoms with E-state index in [2.05, 4.69) is 65.5 Å². The van der Waals surface area contributed by atoms with Gasteiger partial charge in [0.1, 0.15) is 0 Å². The first-order valence-corrected chi connectivity index (χ1v) is 11.6. The Bertz CT molecular complexity index is 531. The molecule has 22 heavy (non-hydrogen) atoms. The van der Waals surface area contributed by atoms with E-state index in [-0.39, 0.29) is 5.60 Å². The van der Waals surface area contributed by atoms with Gasteiger partial charge in [-0.15, -0.1) is 23.5 Å². The van der Waals surface area contributed by atoms with Crippen molar-refractivity contribution in [1.29, 1.82) is 0 Å². The average molecular weight is 401 g/mol. The van der Waals surface area contributed by atoms with Crippen LogP contribution in [0.3, 0.4) is 0 Å². The van der Waals surface area contributed by atoms with Gasteiger partial charge in [0, 0.05) is 22.3 Å². The van der Waals surface area contributed by atoms with Crippen LogP contribution in [-0.4, -0.2) is 32.1 Å². The molecule has 3 saturated heterocycles. The minimum absolute atomic E-state index is 0.00477. The fourth-order valence-electron chi connectivity index (χ4n) is 6.29. The van der Waals surface area contributed by atoms with Crippen LogP contribution in [0, 0.1) is 23.2 Å². The topological polar surface area (TPSA) is 9.23 Å². The number of alkyl halides is 1. The number of rotatable bonds is 0. The van der Waals surface area contributed by atoms with Crippen LogP contribution in [0.2, 0.25) is 0 Å². The molecule has 0 radical (unpaired) electrons. The number of allylic oxidation sites excluding steroid dienone is 1. The zero-order chi connectivity index (χ0) is 15.2. The molecule has 0 N–H and O–H groups in total. The van der Waals surface area contributed by atoms with Crippen molar-refractivity contribution in [1.82, 2.24) is 0 Å². The van der Waals surface area contributed by atoms with Crippen LogP contribution in [0.4, 0.5) is 0 Å². The van der Waals surface area contributed by atoms with E-state index in [4.69, 9.17) is 4.74 Å². The molecule has 122 valence electrons. The number of ether oxygens (including phenoxy) is 1. The second-order valence-electron chi connectivity index (χ2n) is 8.35. The number of hydrogen-bond acceptors (Lipinski definition) is 3. The highest BCUT2D eigenvalue weighted by atomic mass is 79.9. The number of halogens is 1. The van der Waals surface area contributed by atoms with E-state index in [0.29, 0.717) is 26.3 Å². The van der Waals surface area contributed by atoms with Gasteiger partial charge in [0.15, 0.2) is 0 Å². The molecule has 0 aromatic rings. The first-order chi connectivity index (χ1) is 10.5. The zero-order valence-electron chi connectivity index (χ0n) is 13.4. The summed E-state index contributed by atoms with van der Waals surface area (Å²) < 4.78 is 7.38. The number of fused-ring (bicyclic) bond motifs is 8. The largest absolute Gasteiger partial charge is 0.369 e. The van der Waals surface area contributed by atoms with Gasteiger partial charge in [-0.25, -0.2) is 0 Å². The van der Waals surface area contributed by atoms with Gasteiger partial charge in [0.2, 0.25) is 0 Å². The second kappa shape index (κ2) is 4.74. The third-order valence-corrected chi connectivity index (χ3v) is 12.5. The summed E-state index contributed by atoms with van der Waals surface area (Å²) in [5.41, 5.74) is 0.379. The van der Waals surface area contributed by atoms with Crippen LogP contribution in [0.5, 0.6) is 0 Å². The van der Waals surface area contributed by atoms with Gasteiger partial charge in [-0.05, 0) is 49.9 Å². The summed E-state index contributed by atoms with van der Waals surface area (Å²) in [5.74, 6) is 4.85. The lowest BCUT2D eigenvalue weighted by Gasteiger charge is -2.44. The maximum atomic E-state index is 6.89. The minimum atomic E-state index is 0.00477. The first-order valence-electron chi connectivity index (χ1n) is 8.76. The van der Waals surface area contributed by atoms with Gasteiger partial charge in [0.25, 0.3) is 0 Å². The molecule has 3 aliphatic heterocycles. The molecule has 0 aromatic heterocycles. The summed E-state index contributed by atoms with van der Waals surface area (Å²) in [5, 5.41) is 0. The van der Waals surface area contributed by atoms with Gasteiger partial charge in [-0.3, -0.25) is 0 Å². The number of thioether (sulfide) groups is 2. The monoisotopic (exact) mass is 400 g/mol. The summed E-state index contributed by atoms with van der Waals surface area (Å²) in [7, 11) is 0. The summed E-state index contributed by atoms with van der Waals surface area (Å²) in [6.07, 6.45) is 10.6. The normalized spacial score (nSPS) is 58.0. The van der Waals surface area contributed by atoms with Crippen molar-refractivity contribution in [3.63, 3.8) is 0 Å². The molecule has 2 aliphatic carbocycles. The lowest BCUT2D eigenvalue weighted by molar-refractivity contribution is -0.0816. The molecule has 1 saturated carbocycles. The third kappa shape index (κ3) is 1.69. The maximum Gasteiger partial charge on any atom is 0.0849 e. The Morgan fingerprint density at radius 1 is 1.18 bits per heavy atom. The van der Waals surface area contributed by atoms with E-state index in [9.17, 15) is 0 Å². The lowest BCUT2D eigenvalue weighted by atomic mass is 9.64. The summed E-state index contributed by atoms with van der Waals surface area (Å²) in [4.78, 5) is 0.490. The molecular formula is C18H25BrOS2. The molecule has 3 heterocycles. The predicted molar refractivity (Wildman–Crippen MR) is 99.8 cm³/mol. The van der Waals surface area contributed by atoms with Crippen LogP contribution in [0.1, 0.15) is 39.5 Å². The SMILES string of the molecule is CC12O[C@H]([C@@H]3CC=C[C@@H]31)[C@@]1(C)CCC3(SCCS3)[C@H]1C[C@@H]2Br. The average Bonchev–Trinajstić information content (AvgIpc) is 3.22. The van der Waals surface area contributed by atoms with Crippen molar-refractivity contribution in [2.24, 2.45) is 23.2 Å². The molecule has 1 nitrogen and oxygen atoms in total. The Hall–Kier alpha value is 0.880. The minimum Gasteiger partial charge on any atom is -0.369 e. The molecule has 5 rings (SSSR count). The standard InChI is InChI=1S/C18H25BrOS2/c1-16-6-7-18(21-8-9-22-18)13(16)10-14(19)17(2)12-5-3-4-11(12)15(16)20-17/h3,5,11-15H,4,6-10H2,1-2H3/t11-,12+,13+,14+,15-,16+,17?/m1/s1. The van der Waals surface area contributed by atoms with Crippen LogP contribution >= 0.6 is 39.5 Å². The summed E-state index contributed by atoms with van der Waals surface area (Å²) >= 11 is 8.64. The Kier molecular flexibility index (Phi) is 3.26. The Morgan fingerprint density at radius 2 is 1.95 bits per heavy atom. The van der Waals surface area contributed by atoms with E-state index in [0.717, 1.165) is 11.8 Å². The van der Waals surface area contributed by atoms with Crippen LogP contribution in [-0.2, 0) is 4.74 Å². The molecule has 4 fully saturated rings. The van der Waals surface area contributed by atoms with E-state index >= 15 is 0 Å². The zero-order valence-corrected chi connectivity index (χ0v) is 16.6. The molecule has 1 unspecified atom stereocenters. The van der Waals surface area contributed by atoms with E-state index in [1.807, 2.05) is 0 Å². The third-order valence-electron chi connectivity index (χ3n) is 7.47. The molecule has 0 amide bonds. The van der Waals surface area contributed by atoms with Gasteiger partial charge in [-0.1, -0.05) is 35.0 Å². The molecule has 1 spiro atoms. The number of hydrogen-bond donors (Lipinski definition) is 0. The van der Waals surface area contributed by atoms with Gasteiger partial charge < -0.3 is 4.74 Å². The Morgan fingerprint density at radius 3 is 2.73 bits per heavy atom. The van der Waals surface area contributed by atoms with Crippen molar-refractivity contribution in [3.8, 4) is 0 Å². The fraction of sp³-hybridized carbons (Fsp3) is 0.889. The predicted octanol–water partition coefficient (Wildman–Crippen LogP) is 5.10. The molecule has 4 heteroatoms. The van der Waals surface area contributed by atoms with Crippen molar-refractivity contribution in [2.45, 2.75) is 60.1 Å². The Labute approximate surface area is 150 Å². The lowest BCUT2D eigenvalue weighted by Crippen LogP contribution is -2.45. The first kappa shape index (κ1) is 15.2. The quantitative estimate of drug-likeness (QED) is 0.413. The van der Waals surface area contributed by atoms with Crippen molar-refractivity contribution < 1.29 is 4.74 Å². The highest BCUT2D eigenvalue weighted by Crippen LogP contribution is 2.71. The van der Waals surface area contributed by atoms with Crippen LogP contribution < -0.4 is 0 Å². The van der Waals surface area contributed by atoms with Gasteiger partial charge in [-0.2, -0.15) is 0 Å². The van der Waals surface area contributed by atoms with Gasteiger partial charge >= 0.3 is 0 Å². The van der Waals surface area contributed by atoms with Crippen molar-refractivity contribution >= 4 is 39.5 Å². The molecule has 5 aliphatic rings. The van der Waals surface area contributed by atoms with Crippen molar-refractivity contribution in [2.75, 3.05) is 11.5 Å². The van der Waals surface area contributed by atoms with Crippen molar-refractivity contribution in [3.05, 3.63) is 12.2 Å². The maximum absolute atomic E-state index is 6.89. The molecule has 2 bridgehead atoms. The van der Waals surface area contributed by atoms with E-state index in [1.165, 1.54) is 37.2 Å². The van der Waals surface area contributed by atoms with E-state index < -0.39 is 0 Å². The smallest absolute Gasteiger partial charge is 0.0849 e. The van der Waals surface area contributed by atoms with Gasteiger partial charge in [0.05, 0.1) is 15.8 Å². The molecular weight excluding hydrogens is 376 g/mol. The second-order valence-corrected chi connectivity index (χ2v) is 12.6. The van der Waals surface area contributed by atoms with Crippen LogP contribution in [0.15, 0.2) is 12.2 Å². The molecule has 0 aromatic carbocycles. The summed E-state index contributed by atoms with van der Waals surface area (Å²) in [6.45, 7) is 4.95. The highest BCUT2D eigenvalue weighted by molar-refractivity contribution is 9.09. The van der Waals surface area contributed by atoms with Crippen LogP contribution in [0.25, 0.3) is 0 Å². The molecule has 7 atom stereocenters. The highest BCUT2D eigenvalue weighted by Gasteiger charge is 2.69. The fourth-order valence-corrected chi connectivity index (χ4v) is 10.9. The summed E-state index contributed by atoms with van der Waals surface area (Å²) in [6, 6.07) is 0. The Balaban J connectivity index is 1.61. The van der Waals surface area contributed by atoms with E-state index in [1.54, 1.807) is 0 Å².